The third-order valence-electron chi connectivity index (χ3n) is 1.24. The zero-order chi connectivity index (χ0) is 11.7. The summed E-state index contributed by atoms with van der Waals surface area (Å²) in [6.07, 6.45) is -2.44. The minimum Gasteiger partial charge on any atom is -0.394 e. The highest BCUT2D eigenvalue weighted by molar-refractivity contribution is 5.90. The third-order valence-corrected chi connectivity index (χ3v) is 1.24. The molecule has 0 aromatic rings. The number of carbonyl (C=O) groups is 1. The number of aliphatic hydroxyl groups excluding tert-OH is 4. The molecule has 0 aliphatic carbocycles. The monoisotopic (exact) mass is 207 g/mol. The van der Waals surface area contributed by atoms with Crippen molar-refractivity contribution in [2.75, 3.05) is 13.2 Å². The molecule has 6 heteroatoms. The van der Waals surface area contributed by atoms with Gasteiger partial charge in [0.2, 0.25) is 5.91 Å². The highest BCUT2D eigenvalue weighted by Gasteiger charge is 2.12. The first-order valence-corrected chi connectivity index (χ1v) is 3.90. The standard InChI is InChI=1S/C4H7NO.C4H10O4/c1-3(2)4(5)6;5-1-3(7)4(8)2-6/h1H2,2H3,(H2,5,6);3-8H,1-2H2/t;3-,4-/m.1/s1. The summed E-state index contributed by atoms with van der Waals surface area (Å²) in [5, 5.41) is 33.2. The average Bonchev–Trinajstić information content (AvgIpc) is 2.16. The molecule has 0 aliphatic heterocycles. The van der Waals surface area contributed by atoms with Crippen molar-refractivity contribution in [2.24, 2.45) is 5.73 Å². The van der Waals surface area contributed by atoms with Gasteiger partial charge in [-0.1, -0.05) is 6.58 Å². The molecule has 0 saturated heterocycles. The van der Waals surface area contributed by atoms with E-state index in [0.29, 0.717) is 5.57 Å². The number of hydrogen-bond acceptors (Lipinski definition) is 5. The van der Waals surface area contributed by atoms with E-state index in [1.54, 1.807) is 6.92 Å². The van der Waals surface area contributed by atoms with Crippen molar-refractivity contribution in [2.45, 2.75) is 19.1 Å². The van der Waals surface area contributed by atoms with E-state index in [2.05, 4.69) is 6.58 Å². The van der Waals surface area contributed by atoms with E-state index < -0.39 is 31.3 Å². The fourth-order valence-corrected chi connectivity index (χ4v) is 0.243. The van der Waals surface area contributed by atoms with Gasteiger partial charge in [0.25, 0.3) is 0 Å². The number of hydrogen-bond donors (Lipinski definition) is 5. The maximum Gasteiger partial charge on any atom is 0.243 e. The summed E-state index contributed by atoms with van der Waals surface area (Å²) in [6.45, 7) is 3.80. The predicted octanol–water partition coefficient (Wildman–Crippen LogP) is -2.26. The van der Waals surface area contributed by atoms with Crippen LogP contribution in [-0.4, -0.2) is 51.8 Å². The Morgan fingerprint density at radius 2 is 1.50 bits per heavy atom. The van der Waals surface area contributed by atoms with Gasteiger partial charge in [0, 0.05) is 5.57 Å². The fourth-order valence-electron chi connectivity index (χ4n) is 0.243. The zero-order valence-corrected chi connectivity index (χ0v) is 8.05. The first kappa shape index (κ1) is 15.5. The van der Waals surface area contributed by atoms with E-state index in [4.69, 9.17) is 26.2 Å². The third kappa shape index (κ3) is 9.14. The first-order chi connectivity index (χ1) is 6.36. The topological polar surface area (TPSA) is 124 Å². The van der Waals surface area contributed by atoms with Gasteiger partial charge >= 0.3 is 0 Å². The second-order valence-electron chi connectivity index (χ2n) is 2.64. The quantitative estimate of drug-likeness (QED) is 0.333. The molecular formula is C8H17NO5. The van der Waals surface area contributed by atoms with Gasteiger partial charge in [-0.2, -0.15) is 0 Å². The molecule has 0 aliphatic rings. The molecule has 0 radical (unpaired) electrons. The van der Waals surface area contributed by atoms with E-state index in [1.807, 2.05) is 0 Å². The molecule has 6 N–H and O–H groups in total. The highest BCUT2D eigenvalue weighted by atomic mass is 16.4. The van der Waals surface area contributed by atoms with Gasteiger partial charge in [-0.25, -0.2) is 0 Å². The lowest BCUT2D eigenvalue weighted by Crippen LogP contribution is -2.31. The van der Waals surface area contributed by atoms with Crippen LogP contribution < -0.4 is 5.73 Å². The lowest BCUT2D eigenvalue weighted by atomic mass is 10.2. The maximum atomic E-state index is 9.82. The summed E-state index contributed by atoms with van der Waals surface area (Å²) < 4.78 is 0. The van der Waals surface area contributed by atoms with Gasteiger partial charge < -0.3 is 26.2 Å². The molecule has 0 spiro atoms. The minimum absolute atomic E-state index is 0.398. The lowest BCUT2D eigenvalue weighted by Gasteiger charge is -2.10. The predicted molar refractivity (Wildman–Crippen MR) is 50.2 cm³/mol. The number of primary amides is 1. The second-order valence-corrected chi connectivity index (χ2v) is 2.64. The largest absolute Gasteiger partial charge is 0.394 e. The number of rotatable bonds is 4. The van der Waals surface area contributed by atoms with Gasteiger partial charge in [0.15, 0.2) is 0 Å². The SMILES string of the molecule is C=C(C)C(N)=O.OC[C@@H](O)[C@H](O)CO. The Hall–Kier alpha value is -0.950. The van der Waals surface area contributed by atoms with Crippen LogP contribution in [0.25, 0.3) is 0 Å². The van der Waals surface area contributed by atoms with Crippen LogP contribution in [0.3, 0.4) is 0 Å². The Kier molecular flexibility index (Phi) is 9.58. The molecule has 6 nitrogen and oxygen atoms in total. The molecule has 2 atom stereocenters. The average molecular weight is 207 g/mol. The summed E-state index contributed by atoms with van der Waals surface area (Å²) in [6, 6.07) is 0. The number of aliphatic hydroxyl groups is 4. The minimum atomic E-state index is -1.22. The van der Waals surface area contributed by atoms with Crippen molar-refractivity contribution in [1.82, 2.24) is 0 Å². The molecule has 0 unspecified atom stereocenters. The Balaban J connectivity index is 0. The van der Waals surface area contributed by atoms with Crippen molar-refractivity contribution in [3.63, 3.8) is 0 Å². The molecule has 14 heavy (non-hydrogen) atoms. The van der Waals surface area contributed by atoms with E-state index >= 15 is 0 Å². The van der Waals surface area contributed by atoms with Gasteiger partial charge in [0.1, 0.15) is 12.2 Å². The smallest absolute Gasteiger partial charge is 0.243 e. The molecule has 0 aromatic heterocycles. The van der Waals surface area contributed by atoms with Crippen molar-refractivity contribution < 1.29 is 25.2 Å². The Morgan fingerprint density at radius 1 is 1.29 bits per heavy atom. The fraction of sp³-hybridized carbons (Fsp3) is 0.625. The normalized spacial score (nSPS) is 13.5. The Morgan fingerprint density at radius 3 is 1.57 bits per heavy atom. The summed E-state index contributed by atoms with van der Waals surface area (Å²) >= 11 is 0. The Bertz CT molecular complexity index is 163. The van der Waals surface area contributed by atoms with Crippen LogP contribution in [0.4, 0.5) is 0 Å². The molecule has 1 amide bonds. The van der Waals surface area contributed by atoms with Gasteiger partial charge in [0.05, 0.1) is 13.2 Å². The number of nitrogens with two attached hydrogens (primary N) is 1. The molecule has 0 fully saturated rings. The zero-order valence-electron chi connectivity index (χ0n) is 8.05. The van der Waals surface area contributed by atoms with E-state index in [9.17, 15) is 4.79 Å². The van der Waals surface area contributed by atoms with Gasteiger partial charge in [-0.05, 0) is 6.92 Å². The van der Waals surface area contributed by atoms with E-state index in [1.165, 1.54) is 0 Å². The molecule has 0 rings (SSSR count). The van der Waals surface area contributed by atoms with Crippen molar-refractivity contribution in [1.29, 1.82) is 0 Å². The van der Waals surface area contributed by atoms with Gasteiger partial charge in [-0.3, -0.25) is 4.79 Å². The lowest BCUT2D eigenvalue weighted by molar-refractivity contribution is -0.114. The van der Waals surface area contributed by atoms with Crippen LogP contribution in [0.2, 0.25) is 0 Å². The molecule has 0 saturated carbocycles. The van der Waals surface area contributed by atoms with Crippen molar-refractivity contribution >= 4 is 5.91 Å². The van der Waals surface area contributed by atoms with Gasteiger partial charge in [-0.15, -0.1) is 0 Å². The molecular weight excluding hydrogens is 190 g/mol. The number of amides is 1. The summed E-state index contributed by atoms with van der Waals surface area (Å²) in [4.78, 5) is 9.82. The molecule has 0 bridgehead atoms. The van der Waals surface area contributed by atoms with Crippen LogP contribution >= 0.6 is 0 Å². The molecule has 84 valence electrons. The molecule has 0 aromatic carbocycles. The Labute approximate surface area is 82.3 Å². The number of carbonyl (C=O) groups excluding carboxylic acids is 1. The maximum absolute atomic E-state index is 9.82. The molecule has 0 heterocycles. The second kappa shape index (κ2) is 8.64. The summed E-state index contributed by atoms with van der Waals surface area (Å²) in [5.41, 5.74) is 5.09. The summed E-state index contributed by atoms with van der Waals surface area (Å²) in [7, 11) is 0. The van der Waals surface area contributed by atoms with Crippen LogP contribution in [0.5, 0.6) is 0 Å². The van der Waals surface area contributed by atoms with E-state index in [0.717, 1.165) is 0 Å². The van der Waals surface area contributed by atoms with Crippen LogP contribution in [0, 0.1) is 0 Å². The highest BCUT2D eigenvalue weighted by Crippen LogP contribution is 1.88. The van der Waals surface area contributed by atoms with Crippen LogP contribution in [0.15, 0.2) is 12.2 Å². The van der Waals surface area contributed by atoms with Crippen LogP contribution in [-0.2, 0) is 4.79 Å². The summed E-state index contributed by atoms with van der Waals surface area (Å²) in [5.74, 6) is -0.435. The van der Waals surface area contributed by atoms with Crippen molar-refractivity contribution in [3.05, 3.63) is 12.2 Å². The van der Waals surface area contributed by atoms with E-state index in [-0.39, 0.29) is 0 Å². The van der Waals surface area contributed by atoms with Crippen LogP contribution in [0.1, 0.15) is 6.92 Å². The first-order valence-electron chi connectivity index (χ1n) is 3.90. The van der Waals surface area contributed by atoms with Crippen molar-refractivity contribution in [3.8, 4) is 0 Å².